The SMILES string of the molecule is CCc1ccc(N)c2c1OCC[C@@H]2N. The molecule has 0 unspecified atom stereocenters. The predicted octanol–water partition coefficient (Wildman–Crippen LogP) is 1.61. The first kappa shape index (κ1) is 9.34. The molecule has 1 aliphatic heterocycles. The second-order valence-corrected chi connectivity index (χ2v) is 3.65. The molecule has 2 rings (SSSR count). The fraction of sp³-hybridized carbons (Fsp3) is 0.455. The van der Waals surface area contributed by atoms with Gasteiger partial charge in [0.25, 0.3) is 0 Å². The lowest BCUT2D eigenvalue weighted by molar-refractivity contribution is 0.267. The van der Waals surface area contributed by atoms with Crippen molar-refractivity contribution in [3.8, 4) is 5.75 Å². The molecule has 0 spiro atoms. The maximum atomic E-state index is 6.01. The number of anilines is 1. The number of benzene rings is 1. The normalized spacial score (nSPS) is 20.0. The summed E-state index contributed by atoms with van der Waals surface area (Å²) in [4.78, 5) is 0. The third-order valence-electron chi connectivity index (χ3n) is 2.74. The summed E-state index contributed by atoms with van der Waals surface area (Å²) in [6.07, 6.45) is 1.81. The number of nitrogens with two attached hydrogens (primary N) is 2. The van der Waals surface area contributed by atoms with Gasteiger partial charge in [0.15, 0.2) is 0 Å². The lowest BCUT2D eigenvalue weighted by Crippen LogP contribution is -2.22. The van der Waals surface area contributed by atoms with Gasteiger partial charge in [0.2, 0.25) is 0 Å². The van der Waals surface area contributed by atoms with Crippen molar-refractivity contribution in [1.29, 1.82) is 0 Å². The molecule has 4 N–H and O–H groups in total. The van der Waals surface area contributed by atoms with Crippen LogP contribution >= 0.6 is 0 Å². The van der Waals surface area contributed by atoms with Crippen LogP contribution in [0.2, 0.25) is 0 Å². The van der Waals surface area contributed by atoms with Gasteiger partial charge in [-0.3, -0.25) is 0 Å². The van der Waals surface area contributed by atoms with Crippen molar-refractivity contribution in [1.82, 2.24) is 0 Å². The van der Waals surface area contributed by atoms with E-state index in [0.29, 0.717) is 6.61 Å². The fourth-order valence-electron chi connectivity index (χ4n) is 1.92. The van der Waals surface area contributed by atoms with Crippen LogP contribution in [0.5, 0.6) is 5.75 Å². The van der Waals surface area contributed by atoms with Gasteiger partial charge in [-0.1, -0.05) is 13.0 Å². The third-order valence-corrected chi connectivity index (χ3v) is 2.74. The van der Waals surface area contributed by atoms with Crippen molar-refractivity contribution >= 4 is 5.69 Å². The molecule has 0 radical (unpaired) electrons. The van der Waals surface area contributed by atoms with E-state index in [4.69, 9.17) is 16.2 Å². The Bertz CT molecular complexity index is 349. The van der Waals surface area contributed by atoms with Crippen LogP contribution in [0, 0.1) is 0 Å². The first-order valence-corrected chi connectivity index (χ1v) is 5.03. The summed E-state index contributed by atoms with van der Waals surface area (Å²) < 4.78 is 5.64. The number of nitrogen functional groups attached to an aromatic ring is 1. The molecule has 0 amide bonds. The molecular formula is C11H16N2O. The molecule has 1 heterocycles. The van der Waals surface area contributed by atoms with Crippen molar-refractivity contribution in [2.45, 2.75) is 25.8 Å². The highest BCUT2D eigenvalue weighted by molar-refractivity contribution is 5.60. The maximum absolute atomic E-state index is 6.01. The van der Waals surface area contributed by atoms with E-state index in [9.17, 15) is 0 Å². The van der Waals surface area contributed by atoms with Crippen LogP contribution in [0.1, 0.15) is 30.5 Å². The van der Waals surface area contributed by atoms with Crippen LogP contribution in [0.15, 0.2) is 12.1 Å². The Morgan fingerprint density at radius 2 is 2.29 bits per heavy atom. The second-order valence-electron chi connectivity index (χ2n) is 3.65. The van der Waals surface area contributed by atoms with Crippen LogP contribution in [0.25, 0.3) is 0 Å². The number of aryl methyl sites for hydroxylation is 1. The summed E-state index contributed by atoms with van der Waals surface area (Å²) in [6, 6.07) is 3.98. The van der Waals surface area contributed by atoms with E-state index in [2.05, 4.69) is 6.92 Å². The van der Waals surface area contributed by atoms with Gasteiger partial charge in [-0.25, -0.2) is 0 Å². The van der Waals surface area contributed by atoms with Gasteiger partial charge in [0.05, 0.1) is 6.61 Å². The lowest BCUT2D eigenvalue weighted by Gasteiger charge is -2.26. The zero-order valence-corrected chi connectivity index (χ0v) is 8.42. The average molecular weight is 192 g/mol. The topological polar surface area (TPSA) is 61.3 Å². The van der Waals surface area contributed by atoms with Crippen molar-refractivity contribution in [2.24, 2.45) is 5.73 Å². The Morgan fingerprint density at radius 3 is 3.00 bits per heavy atom. The van der Waals surface area contributed by atoms with E-state index in [-0.39, 0.29) is 6.04 Å². The van der Waals surface area contributed by atoms with Gasteiger partial charge in [0, 0.05) is 23.7 Å². The van der Waals surface area contributed by atoms with Gasteiger partial charge in [0.1, 0.15) is 5.75 Å². The summed E-state index contributed by atoms with van der Waals surface area (Å²) in [7, 11) is 0. The van der Waals surface area contributed by atoms with Crippen LogP contribution < -0.4 is 16.2 Å². The van der Waals surface area contributed by atoms with E-state index < -0.39 is 0 Å². The van der Waals surface area contributed by atoms with Crippen LogP contribution in [0.3, 0.4) is 0 Å². The number of hydrogen-bond acceptors (Lipinski definition) is 3. The van der Waals surface area contributed by atoms with E-state index in [1.165, 1.54) is 5.56 Å². The Hall–Kier alpha value is -1.22. The quantitative estimate of drug-likeness (QED) is 0.664. The zero-order valence-electron chi connectivity index (χ0n) is 8.42. The van der Waals surface area contributed by atoms with Gasteiger partial charge >= 0.3 is 0 Å². The zero-order chi connectivity index (χ0) is 10.1. The molecule has 0 bridgehead atoms. The molecule has 1 aromatic carbocycles. The summed E-state index contributed by atoms with van der Waals surface area (Å²) in [6.45, 7) is 2.81. The van der Waals surface area contributed by atoms with Crippen molar-refractivity contribution in [3.63, 3.8) is 0 Å². The predicted molar refractivity (Wildman–Crippen MR) is 57.3 cm³/mol. The highest BCUT2D eigenvalue weighted by Crippen LogP contribution is 2.37. The van der Waals surface area contributed by atoms with Crippen molar-refractivity contribution in [2.75, 3.05) is 12.3 Å². The smallest absolute Gasteiger partial charge is 0.129 e. The van der Waals surface area contributed by atoms with Gasteiger partial charge in [-0.15, -0.1) is 0 Å². The number of hydrogen-bond donors (Lipinski definition) is 2. The minimum absolute atomic E-state index is 0.0326. The molecule has 0 saturated heterocycles. The summed E-state index contributed by atoms with van der Waals surface area (Å²) in [5.41, 5.74) is 14.9. The molecule has 1 atom stereocenters. The average Bonchev–Trinajstić information content (AvgIpc) is 2.18. The van der Waals surface area contributed by atoms with Gasteiger partial charge < -0.3 is 16.2 Å². The standard InChI is InChI=1S/C11H16N2O/c1-2-7-3-4-8(12)10-9(13)5-6-14-11(7)10/h3-4,9H,2,5-6,12-13H2,1H3/t9-/m0/s1. The largest absolute Gasteiger partial charge is 0.493 e. The Labute approximate surface area is 84.0 Å². The molecule has 0 aromatic heterocycles. The highest BCUT2D eigenvalue weighted by atomic mass is 16.5. The monoisotopic (exact) mass is 192 g/mol. The molecule has 0 saturated carbocycles. The number of ether oxygens (including phenoxy) is 1. The van der Waals surface area contributed by atoms with E-state index >= 15 is 0 Å². The first-order valence-electron chi connectivity index (χ1n) is 5.03. The highest BCUT2D eigenvalue weighted by Gasteiger charge is 2.22. The van der Waals surface area contributed by atoms with Crippen molar-refractivity contribution < 1.29 is 4.74 Å². The molecule has 0 fully saturated rings. The van der Waals surface area contributed by atoms with E-state index in [0.717, 1.165) is 29.8 Å². The summed E-state index contributed by atoms with van der Waals surface area (Å²) in [5, 5.41) is 0. The molecule has 3 heteroatoms. The molecule has 1 aliphatic rings. The molecular weight excluding hydrogens is 176 g/mol. The van der Waals surface area contributed by atoms with Gasteiger partial charge in [-0.2, -0.15) is 0 Å². The maximum Gasteiger partial charge on any atom is 0.129 e. The Morgan fingerprint density at radius 1 is 1.50 bits per heavy atom. The van der Waals surface area contributed by atoms with E-state index in [1.807, 2.05) is 12.1 Å². The minimum Gasteiger partial charge on any atom is -0.493 e. The number of rotatable bonds is 1. The Balaban J connectivity index is 2.57. The lowest BCUT2D eigenvalue weighted by atomic mass is 9.95. The minimum atomic E-state index is 0.0326. The van der Waals surface area contributed by atoms with Gasteiger partial charge in [-0.05, 0) is 18.1 Å². The molecule has 76 valence electrons. The third kappa shape index (κ3) is 1.34. The van der Waals surface area contributed by atoms with Crippen LogP contribution in [-0.4, -0.2) is 6.61 Å². The molecule has 1 aromatic rings. The molecule has 0 aliphatic carbocycles. The van der Waals surface area contributed by atoms with Crippen LogP contribution in [0.4, 0.5) is 5.69 Å². The first-order chi connectivity index (χ1) is 6.74. The number of fused-ring (bicyclic) bond motifs is 1. The second kappa shape index (κ2) is 3.50. The van der Waals surface area contributed by atoms with Crippen molar-refractivity contribution in [3.05, 3.63) is 23.3 Å². The summed E-state index contributed by atoms with van der Waals surface area (Å²) >= 11 is 0. The van der Waals surface area contributed by atoms with Crippen LogP contribution in [-0.2, 0) is 6.42 Å². The molecule has 3 nitrogen and oxygen atoms in total. The summed E-state index contributed by atoms with van der Waals surface area (Å²) in [5.74, 6) is 0.922. The Kier molecular flexibility index (Phi) is 2.33. The van der Waals surface area contributed by atoms with E-state index in [1.54, 1.807) is 0 Å². The molecule has 14 heavy (non-hydrogen) atoms. The fourth-order valence-corrected chi connectivity index (χ4v) is 1.92.